The number of hydrogen-bond donors (Lipinski definition) is 0. The van der Waals surface area contributed by atoms with Crippen LogP contribution in [0.3, 0.4) is 0 Å². The van der Waals surface area contributed by atoms with Crippen LogP contribution < -0.4 is 8.38 Å². The molecule has 0 fully saturated rings. The molecule has 0 amide bonds. The van der Waals surface area contributed by atoms with Gasteiger partial charge in [0.2, 0.25) is 0 Å². The summed E-state index contributed by atoms with van der Waals surface area (Å²) in [5.41, 5.74) is 0. The van der Waals surface area contributed by atoms with E-state index < -0.39 is 13.4 Å². The van der Waals surface area contributed by atoms with Crippen LogP contribution in [0.25, 0.3) is 0 Å². The van der Waals surface area contributed by atoms with Gasteiger partial charge in [0.1, 0.15) is 0 Å². The van der Waals surface area contributed by atoms with E-state index in [9.17, 15) is 0 Å². The zero-order chi connectivity index (χ0) is 4.50. The molecule has 0 aromatic carbocycles. The first-order valence-corrected chi connectivity index (χ1v) is 2.54. The molecule has 6 heavy (non-hydrogen) atoms. The summed E-state index contributed by atoms with van der Waals surface area (Å²) in [4.78, 5) is 0. The van der Waals surface area contributed by atoms with Gasteiger partial charge in [0.05, 0.1) is 0 Å². The third-order valence-electron chi connectivity index (χ3n) is 0. The zero-order valence-electron chi connectivity index (χ0n) is 2.31. The summed E-state index contributed by atoms with van der Waals surface area (Å²) in [6.07, 6.45) is 0. The Hall–Kier alpha value is 0.780. The summed E-state index contributed by atoms with van der Waals surface area (Å²) in [6.45, 7) is 0. The number of hydrogen-bond acceptors (Lipinski definition) is 4. The molecule has 0 atom stereocenters. The van der Waals surface area contributed by atoms with Gasteiger partial charge in [0.25, 0.3) is 0 Å². The van der Waals surface area contributed by atoms with E-state index in [4.69, 9.17) is 16.0 Å². The summed E-state index contributed by atoms with van der Waals surface area (Å²) >= 11 is -5.62. The van der Waals surface area contributed by atoms with Gasteiger partial charge in [-0.2, -0.15) is 0 Å². The van der Waals surface area contributed by atoms with Gasteiger partial charge in [-0.3, -0.25) is 0 Å². The van der Waals surface area contributed by atoms with Crippen LogP contribution in [-0.2, 0) is 43.4 Å². The molecule has 0 saturated carbocycles. The predicted molar refractivity (Wildman–Crippen MR) is 1.37 cm³/mol. The minimum atomic E-state index is -5.62. The first kappa shape index (κ1) is 9.91. The Morgan fingerprint density at radius 3 is 1.17 bits per heavy atom. The molecular formula is AgMnO4. The summed E-state index contributed by atoms with van der Waals surface area (Å²) in [5.74, 6) is 0. The van der Waals surface area contributed by atoms with Gasteiger partial charge in [-0.15, -0.1) is 0 Å². The summed E-state index contributed by atoms with van der Waals surface area (Å²) in [7, 11) is 0. The van der Waals surface area contributed by atoms with Crippen LogP contribution in [0.15, 0.2) is 0 Å². The monoisotopic (exact) mass is 226 g/mol. The van der Waals surface area contributed by atoms with Crippen molar-refractivity contribution < 1.29 is 51.8 Å². The van der Waals surface area contributed by atoms with Crippen molar-refractivity contribution in [3.63, 3.8) is 0 Å². The van der Waals surface area contributed by atoms with Crippen molar-refractivity contribution in [1.82, 2.24) is 0 Å². The Labute approximate surface area is 52.0 Å². The molecule has 0 aliphatic rings. The average Bonchev–Trinajstić information content (AvgIpc) is 0.722. The molecule has 1 radical (unpaired) electrons. The molecule has 4 nitrogen and oxygen atoms in total. The van der Waals surface area contributed by atoms with E-state index in [0.717, 1.165) is 0 Å². The molecule has 0 rings (SSSR count). The Bertz CT molecular complexity index is 90.7. The fourth-order valence-electron chi connectivity index (χ4n) is 0. The Morgan fingerprint density at radius 1 is 1.17 bits per heavy atom. The van der Waals surface area contributed by atoms with Crippen molar-refractivity contribution in [1.29, 1.82) is 0 Å². The Balaban J connectivity index is 0. The van der Waals surface area contributed by atoms with Crippen LogP contribution in [0.1, 0.15) is 0 Å². The van der Waals surface area contributed by atoms with Gasteiger partial charge in [-0.25, -0.2) is 0 Å². The molecule has 0 aromatic rings. The molecule has 0 bridgehead atoms. The second kappa shape index (κ2) is 2.87. The molecule has 0 saturated heterocycles. The molecule has 42 valence electrons. The molecule has 6 heteroatoms. The zero-order valence-corrected chi connectivity index (χ0v) is 4.98. The predicted octanol–water partition coefficient (Wildman–Crippen LogP) is -2.62. The fourth-order valence-corrected chi connectivity index (χ4v) is 0. The van der Waals surface area contributed by atoms with E-state index in [1.807, 2.05) is 0 Å². The molecular weight excluding hydrogens is 227 g/mol. The van der Waals surface area contributed by atoms with E-state index >= 15 is 0 Å². The van der Waals surface area contributed by atoms with Gasteiger partial charge in [0, 0.05) is 0 Å². The Kier molecular flexibility index (Phi) is 4.75. The number of rotatable bonds is 0. The average molecular weight is 227 g/mol. The van der Waals surface area contributed by atoms with E-state index in [1.54, 1.807) is 0 Å². The van der Waals surface area contributed by atoms with E-state index in [1.165, 1.54) is 0 Å². The van der Waals surface area contributed by atoms with Crippen LogP contribution >= 0.6 is 0 Å². The minimum absolute atomic E-state index is 0. The molecule has 0 aliphatic carbocycles. The van der Waals surface area contributed by atoms with E-state index in [2.05, 4.69) is 0 Å². The molecule has 0 aliphatic heterocycles. The Morgan fingerprint density at radius 2 is 1.17 bits per heavy atom. The van der Waals surface area contributed by atoms with Gasteiger partial charge >= 0.3 is 51.8 Å². The van der Waals surface area contributed by atoms with Crippen LogP contribution in [0.2, 0.25) is 0 Å². The first-order valence-electron chi connectivity index (χ1n) is 0.617. The van der Waals surface area contributed by atoms with Gasteiger partial charge in [-0.1, -0.05) is 0 Å². The first-order chi connectivity index (χ1) is 2.00. The molecule has 0 heterocycles. The standard InChI is InChI=1S/Ag.Mn.4O/q+2;;;;2*-1. The second-order valence-electron chi connectivity index (χ2n) is 0.378. The van der Waals surface area contributed by atoms with Crippen molar-refractivity contribution >= 4 is 0 Å². The van der Waals surface area contributed by atoms with Gasteiger partial charge in [-0.05, 0) is 0 Å². The topological polar surface area (TPSA) is 80.3 Å². The van der Waals surface area contributed by atoms with Crippen LogP contribution in [0.5, 0.6) is 0 Å². The maximum atomic E-state index is 8.58. The molecule has 0 aromatic heterocycles. The molecule has 0 unspecified atom stereocenters. The summed E-state index contributed by atoms with van der Waals surface area (Å²) in [5, 5.41) is 0. The van der Waals surface area contributed by atoms with Crippen molar-refractivity contribution in [3.8, 4) is 0 Å². The quantitative estimate of drug-likeness (QED) is 0.424. The molecule has 0 spiro atoms. The van der Waals surface area contributed by atoms with Crippen molar-refractivity contribution in [2.24, 2.45) is 0 Å². The summed E-state index contributed by atoms with van der Waals surface area (Å²) < 4.78 is 34.3. The van der Waals surface area contributed by atoms with Crippen LogP contribution in [-0.4, -0.2) is 0 Å². The van der Waals surface area contributed by atoms with Crippen molar-refractivity contribution in [2.75, 3.05) is 0 Å². The maximum absolute atomic E-state index is 8.58. The van der Waals surface area contributed by atoms with Crippen LogP contribution in [0.4, 0.5) is 0 Å². The van der Waals surface area contributed by atoms with Crippen molar-refractivity contribution in [2.45, 2.75) is 0 Å². The molecule has 0 N–H and O–H groups in total. The summed E-state index contributed by atoms with van der Waals surface area (Å²) in [6, 6.07) is 0. The second-order valence-corrected chi connectivity index (χ2v) is 1.56. The normalized spacial score (nSPS) is 9.67. The van der Waals surface area contributed by atoms with Crippen LogP contribution in [0, 0.1) is 0 Å². The van der Waals surface area contributed by atoms with E-state index in [0.29, 0.717) is 0 Å². The van der Waals surface area contributed by atoms with Gasteiger partial charge in [0.15, 0.2) is 0 Å². The third-order valence-corrected chi connectivity index (χ3v) is 0. The van der Waals surface area contributed by atoms with E-state index in [-0.39, 0.29) is 22.4 Å². The van der Waals surface area contributed by atoms with Crippen molar-refractivity contribution in [3.05, 3.63) is 0 Å². The third kappa shape index (κ3) is 112. The fraction of sp³-hybridized carbons (Fsp3) is 0. The van der Waals surface area contributed by atoms with Gasteiger partial charge < -0.3 is 0 Å². The SMILES string of the molecule is [Ag+2].[O]=[Mn](=[O])([O-])[O-].